The van der Waals surface area contributed by atoms with Crippen molar-refractivity contribution in [2.75, 3.05) is 7.11 Å². The van der Waals surface area contributed by atoms with Crippen molar-refractivity contribution in [3.63, 3.8) is 0 Å². The van der Waals surface area contributed by atoms with Crippen LogP contribution in [0.1, 0.15) is 5.56 Å². The molecule has 1 rings (SSSR count). The molecule has 0 fully saturated rings. The van der Waals surface area contributed by atoms with Gasteiger partial charge in [0.25, 0.3) is 0 Å². The molecule has 0 aliphatic rings. The highest BCUT2D eigenvalue weighted by molar-refractivity contribution is 5.60. The summed E-state index contributed by atoms with van der Waals surface area (Å²) in [7, 11) is 1.54. The lowest BCUT2D eigenvalue weighted by atomic mass is 10.2. The van der Waals surface area contributed by atoms with E-state index in [1.54, 1.807) is 13.3 Å². The van der Waals surface area contributed by atoms with E-state index in [9.17, 15) is 0 Å². The molecule has 0 saturated carbocycles. The first-order chi connectivity index (χ1) is 5.43. The molecule has 0 N–H and O–H groups in total. The summed E-state index contributed by atoms with van der Waals surface area (Å²) in [6.07, 6.45) is 2.57. The Morgan fingerprint density at radius 1 is 1.36 bits per heavy atom. The van der Waals surface area contributed by atoms with Crippen molar-refractivity contribution in [3.8, 4) is 0 Å². The summed E-state index contributed by atoms with van der Waals surface area (Å²) in [5.41, 5.74) is 1.24. The van der Waals surface area contributed by atoms with Gasteiger partial charge < -0.3 is 4.84 Å². The van der Waals surface area contributed by atoms with Crippen molar-refractivity contribution >= 4 is 6.21 Å². The molecule has 0 aliphatic heterocycles. The van der Waals surface area contributed by atoms with Gasteiger partial charge in [0.05, 0.1) is 0 Å². The molecular weight excluding hydrogens is 138 g/mol. The summed E-state index contributed by atoms with van der Waals surface area (Å²) in [5, 5.41) is 3.64. The van der Waals surface area contributed by atoms with Crippen molar-refractivity contribution in [3.05, 3.63) is 35.9 Å². The van der Waals surface area contributed by atoms with E-state index in [1.807, 2.05) is 18.2 Å². The Morgan fingerprint density at radius 3 is 2.73 bits per heavy atom. The Labute approximate surface area is 66.5 Å². The smallest absolute Gasteiger partial charge is 0.106 e. The van der Waals surface area contributed by atoms with Gasteiger partial charge in [-0.25, -0.2) is 0 Å². The number of nitrogens with zero attached hydrogens (tertiary/aromatic N) is 1. The summed E-state index contributed by atoms with van der Waals surface area (Å²) >= 11 is 0. The van der Waals surface area contributed by atoms with Crippen LogP contribution in [0.25, 0.3) is 0 Å². The molecule has 2 heteroatoms. The van der Waals surface area contributed by atoms with Crippen LogP contribution in [-0.2, 0) is 11.3 Å². The molecule has 0 bridgehead atoms. The number of rotatable bonds is 3. The van der Waals surface area contributed by atoms with E-state index in [0.717, 1.165) is 6.42 Å². The second-order valence-electron chi connectivity index (χ2n) is 2.16. The molecule has 0 aromatic heterocycles. The first kappa shape index (κ1) is 7.79. The highest BCUT2D eigenvalue weighted by Gasteiger charge is 1.85. The molecule has 0 heterocycles. The van der Waals surface area contributed by atoms with Gasteiger partial charge in [0.1, 0.15) is 7.11 Å². The maximum atomic E-state index is 4.53. The summed E-state index contributed by atoms with van der Waals surface area (Å²) in [6, 6.07) is 10.1. The minimum absolute atomic E-state index is 0.828. The number of benzene rings is 1. The van der Waals surface area contributed by atoms with Crippen LogP contribution in [0, 0.1) is 0 Å². The van der Waals surface area contributed by atoms with E-state index < -0.39 is 0 Å². The Balaban J connectivity index is 2.45. The maximum absolute atomic E-state index is 4.53. The predicted octanol–water partition coefficient (Wildman–Crippen LogP) is 1.86. The molecule has 58 valence electrons. The third kappa shape index (κ3) is 2.85. The van der Waals surface area contributed by atoms with Crippen molar-refractivity contribution in [2.24, 2.45) is 5.16 Å². The summed E-state index contributed by atoms with van der Waals surface area (Å²) < 4.78 is 0. The van der Waals surface area contributed by atoms with E-state index in [1.165, 1.54) is 5.56 Å². The molecule has 0 radical (unpaired) electrons. The average molecular weight is 149 g/mol. The average Bonchev–Trinajstić information content (AvgIpc) is 2.07. The Kier molecular flexibility index (Phi) is 3.19. The zero-order valence-corrected chi connectivity index (χ0v) is 6.53. The van der Waals surface area contributed by atoms with Crippen LogP contribution < -0.4 is 0 Å². The van der Waals surface area contributed by atoms with Crippen LogP contribution in [0.15, 0.2) is 35.5 Å². The van der Waals surface area contributed by atoms with Crippen LogP contribution in [0.3, 0.4) is 0 Å². The summed E-state index contributed by atoms with van der Waals surface area (Å²) in [5.74, 6) is 0. The maximum Gasteiger partial charge on any atom is 0.106 e. The highest BCUT2D eigenvalue weighted by Crippen LogP contribution is 1.97. The first-order valence-corrected chi connectivity index (χ1v) is 3.52. The van der Waals surface area contributed by atoms with Crippen molar-refractivity contribution < 1.29 is 4.84 Å². The van der Waals surface area contributed by atoms with Gasteiger partial charge in [-0.15, -0.1) is 0 Å². The molecule has 0 unspecified atom stereocenters. The van der Waals surface area contributed by atoms with Crippen LogP contribution in [0.4, 0.5) is 0 Å². The fraction of sp³-hybridized carbons (Fsp3) is 0.222. The van der Waals surface area contributed by atoms with Gasteiger partial charge in [-0.3, -0.25) is 0 Å². The minimum Gasteiger partial charge on any atom is -0.399 e. The van der Waals surface area contributed by atoms with Gasteiger partial charge in [-0.1, -0.05) is 35.5 Å². The lowest BCUT2D eigenvalue weighted by Crippen LogP contribution is -1.84. The fourth-order valence-electron chi connectivity index (χ4n) is 0.831. The molecule has 1 aromatic carbocycles. The van der Waals surface area contributed by atoms with Gasteiger partial charge in [0, 0.05) is 12.6 Å². The normalized spacial score (nSPS) is 10.3. The van der Waals surface area contributed by atoms with Crippen molar-refractivity contribution in [2.45, 2.75) is 6.42 Å². The third-order valence-corrected chi connectivity index (χ3v) is 1.35. The van der Waals surface area contributed by atoms with E-state index in [0.29, 0.717) is 0 Å². The number of hydrogen-bond acceptors (Lipinski definition) is 2. The Morgan fingerprint density at radius 2 is 2.09 bits per heavy atom. The quantitative estimate of drug-likeness (QED) is 0.475. The van der Waals surface area contributed by atoms with Crippen LogP contribution in [0.5, 0.6) is 0 Å². The third-order valence-electron chi connectivity index (χ3n) is 1.35. The second kappa shape index (κ2) is 4.50. The van der Waals surface area contributed by atoms with Gasteiger partial charge in [0.2, 0.25) is 0 Å². The zero-order valence-electron chi connectivity index (χ0n) is 6.53. The van der Waals surface area contributed by atoms with Crippen molar-refractivity contribution in [1.82, 2.24) is 0 Å². The molecule has 0 aliphatic carbocycles. The highest BCUT2D eigenvalue weighted by atomic mass is 16.6. The second-order valence-corrected chi connectivity index (χ2v) is 2.16. The van der Waals surface area contributed by atoms with Crippen LogP contribution in [0.2, 0.25) is 0 Å². The van der Waals surface area contributed by atoms with E-state index >= 15 is 0 Å². The molecule has 11 heavy (non-hydrogen) atoms. The fourth-order valence-corrected chi connectivity index (χ4v) is 0.831. The standard InChI is InChI=1S/C9H11NO/c1-11-10-8-7-9-5-3-2-4-6-9/h2-6,8H,7H2,1H3/b10-8-. The van der Waals surface area contributed by atoms with Crippen LogP contribution in [-0.4, -0.2) is 13.3 Å². The van der Waals surface area contributed by atoms with E-state index in [4.69, 9.17) is 0 Å². The molecule has 0 atom stereocenters. The first-order valence-electron chi connectivity index (χ1n) is 3.52. The number of hydrogen-bond donors (Lipinski definition) is 0. The predicted molar refractivity (Wildman–Crippen MR) is 45.6 cm³/mol. The minimum atomic E-state index is 0.828. The van der Waals surface area contributed by atoms with Gasteiger partial charge in [0.15, 0.2) is 0 Å². The Hall–Kier alpha value is -1.31. The zero-order chi connectivity index (χ0) is 7.94. The molecule has 0 spiro atoms. The Bertz CT molecular complexity index is 218. The lowest BCUT2D eigenvalue weighted by molar-refractivity contribution is 0.215. The topological polar surface area (TPSA) is 21.6 Å². The lowest BCUT2D eigenvalue weighted by Gasteiger charge is -1.92. The summed E-state index contributed by atoms with van der Waals surface area (Å²) in [6.45, 7) is 0. The molecule has 0 saturated heterocycles. The SMILES string of the molecule is CO/N=C\Cc1ccccc1. The van der Waals surface area contributed by atoms with Gasteiger partial charge >= 0.3 is 0 Å². The molecular formula is C9H11NO. The summed E-state index contributed by atoms with van der Waals surface area (Å²) in [4.78, 5) is 4.53. The molecule has 2 nitrogen and oxygen atoms in total. The van der Waals surface area contributed by atoms with Gasteiger partial charge in [-0.2, -0.15) is 0 Å². The van der Waals surface area contributed by atoms with E-state index in [2.05, 4.69) is 22.1 Å². The van der Waals surface area contributed by atoms with E-state index in [-0.39, 0.29) is 0 Å². The van der Waals surface area contributed by atoms with Crippen LogP contribution >= 0.6 is 0 Å². The molecule has 0 amide bonds. The van der Waals surface area contributed by atoms with Crippen molar-refractivity contribution in [1.29, 1.82) is 0 Å². The van der Waals surface area contributed by atoms with Gasteiger partial charge in [-0.05, 0) is 5.56 Å². The monoisotopic (exact) mass is 149 g/mol. The molecule has 1 aromatic rings. The number of oxime groups is 1. The largest absolute Gasteiger partial charge is 0.399 e.